The molecule has 13 heteroatoms. The Morgan fingerprint density at radius 3 is 1.22 bits per heavy atom. The zero-order chi connectivity index (χ0) is 15.0. The van der Waals surface area contributed by atoms with Crippen molar-refractivity contribution in [2.45, 2.75) is 31.1 Å². The molecule has 0 aromatic heterocycles. The highest BCUT2D eigenvalue weighted by Crippen LogP contribution is 2.41. The van der Waals surface area contributed by atoms with Gasteiger partial charge in [-0.15, -0.1) is 26.3 Å². The van der Waals surface area contributed by atoms with Crippen LogP contribution in [0.2, 0.25) is 0 Å². The smallest absolute Gasteiger partial charge is 0.269 e. The number of ether oxygens (including phenoxy) is 2. The van der Waals surface area contributed by atoms with Crippen molar-refractivity contribution in [3.8, 4) is 0 Å². The lowest BCUT2D eigenvalue weighted by molar-refractivity contribution is -0.491. The first kappa shape index (κ1) is 17.2. The van der Waals surface area contributed by atoms with Crippen molar-refractivity contribution >= 4 is 0 Å². The third-order valence-corrected chi connectivity index (χ3v) is 1.11. The van der Waals surface area contributed by atoms with Gasteiger partial charge in [0.2, 0.25) is 0 Å². The Hall–Kier alpha value is -0.850. The van der Waals surface area contributed by atoms with Crippen molar-refractivity contribution in [3.05, 3.63) is 0 Å². The van der Waals surface area contributed by atoms with Gasteiger partial charge in [0.15, 0.2) is 0 Å². The number of halogens is 11. The van der Waals surface area contributed by atoms with Gasteiger partial charge in [-0.2, -0.15) is 22.0 Å². The minimum absolute atomic E-state index is 1.68. The lowest BCUT2D eigenvalue weighted by Crippen LogP contribution is -2.52. The summed E-state index contributed by atoms with van der Waals surface area (Å²) in [6.45, 7) is 0. The summed E-state index contributed by atoms with van der Waals surface area (Å²) < 4.78 is 132. The van der Waals surface area contributed by atoms with E-state index in [-0.39, 0.29) is 0 Å². The summed E-state index contributed by atoms with van der Waals surface area (Å²) in [5.74, 6) is 0. The maximum atomic E-state index is 12.3. The summed E-state index contributed by atoms with van der Waals surface area (Å²) in [6.07, 6.45) is -30.4. The van der Waals surface area contributed by atoms with Gasteiger partial charge in [0.1, 0.15) is 0 Å². The van der Waals surface area contributed by atoms with Crippen LogP contribution in [0.25, 0.3) is 0 Å². The summed E-state index contributed by atoms with van der Waals surface area (Å²) in [4.78, 5) is 0. The molecule has 0 spiro atoms. The zero-order valence-electron chi connectivity index (χ0n) is 7.55. The lowest BCUT2D eigenvalue weighted by atomic mass is 10.3. The van der Waals surface area contributed by atoms with E-state index in [2.05, 4.69) is 0 Å². The summed E-state index contributed by atoms with van der Waals surface area (Å²) in [5, 5.41) is 0. The summed E-state index contributed by atoms with van der Waals surface area (Å²) in [7, 11) is 0. The molecule has 0 saturated heterocycles. The maximum Gasteiger partial charge on any atom is 0.527 e. The highest BCUT2D eigenvalue weighted by molar-refractivity contribution is 4.78. The second-order valence-corrected chi connectivity index (χ2v) is 2.59. The van der Waals surface area contributed by atoms with Gasteiger partial charge in [0.25, 0.3) is 6.10 Å². The number of hydrogen-bond donors (Lipinski definition) is 0. The Morgan fingerprint density at radius 2 is 1.00 bits per heavy atom. The Morgan fingerprint density at radius 1 is 0.611 bits per heavy atom. The van der Waals surface area contributed by atoms with Gasteiger partial charge < -0.3 is 0 Å². The molecule has 0 radical (unpaired) electrons. The van der Waals surface area contributed by atoms with Gasteiger partial charge in [0.05, 0.1) is 0 Å². The predicted octanol–water partition coefficient (Wildman–Crippen LogP) is 3.58. The second kappa shape index (κ2) is 4.68. The van der Waals surface area contributed by atoms with Crippen molar-refractivity contribution in [2.24, 2.45) is 0 Å². The standard InChI is InChI=1S/C5HF11O2/c6-2(7,8)1(17-4(11,12)13)3(9,10)18-5(14,15)16/h1H. The van der Waals surface area contributed by atoms with E-state index in [9.17, 15) is 48.3 Å². The van der Waals surface area contributed by atoms with E-state index >= 15 is 0 Å². The molecule has 0 aromatic carbocycles. The Bertz CT molecular complexity index is 273. The Labute approximate surface area is 90.2 Å². The second-order valence-electron chi connectivity index (χ2n) is 2.59. The van der Waals surface area contributed by atoms with E-state index in [0.29, 0.717) is 0 Å². The molecule has 0 amide bonds. The summed E-state index contributed by atoms with van der Waals surface area (Å²) >= 11 is 0. The predicted molar refractivity (Wildman–Crippen MR) is 29.1 cm³/mol. The minimum Gasteiger partial charge on any atom is -0.269 e. The van der Waals surface area contributed by atoms with Crippen LogP contribution in [0.5, 0.6) is 0 Å². The molecule has 0 aliphatic carbocycles. The van der Waals surface area contributed by atoms with E-state index in [0.717, 1.165) is 0 Å². The molecule has 1 atom stereocenters. The van der Waals surface area contributed by atoms with Crippen LogP contribution < -0.4 is 0 Å². The van der Waals surface area contributed by atoms with Crippen LogP contribution in [0.4, 0.5) is 48.3 Å². The Balaban J connectivity index is 5.20. The van der Waals surface area contributed by atoms with E-state index in [4.69, 9.17) is 0 Å². The molecule has 18 heavy (non-hydrogen) atoms. The van der Waals surface area contributed by atoms with Crippen LogP contribution in [-0.2, 0) is 9.47 Å². The quantitative estimate of drug-likeness (QED) is 0.742. The van der Waals surface area contributed by atoms with Gasteiger partial charge in [0, 0.05) is 0 Å². The normalized spacial score (nSPS) is 16.8. The largest absolute Gasteiger partial charge is 0.527 e. The third-order valence-electron chi connectivity index (χ3n) is 1.11. The fraction of sp³-hybridized carbons (Fsp3) is 1.00. The third kappa shape index (κ3) is 6.18. The number of rotatable bonds is 3. The molecule has 0 saturated carbocycles. The van der Waals surface area contributed by atoms with E-state index in [1.807, 2.05) is 4.74 Å². The molecule has 0 aliphatic rings. The van der Waals surface area contributed by atoms with Crippen molar-refractivity contribution in [3.63, 3.8) is 0 Å². The molecule has 0 fully saturated rings. The number of alkyl halides is 11. The van der Waals surface area contributed by atoms with Gasteiger partial charge >= 0.3 is 25.0 Å². The minimum atomic E-state index is -6.44. The molecule has 0 heterocycles. The first-order valence-corrected chi connectivity index (χ1v) is 3.50. The van der Waals surface area contributed by atoms with Crippen LogP contribution in [0.3, 0.4) is 0 Å². The molecule has 1 unspecified atom stereocenters. The van der Waals surface area contributed by atoms with Gasteiger partial charge in [-0.05, 0) is 0 Å². The monoisotopic (exact) mass is 302 g/mol. The van der Waals surface area contributed by atoms with Crippen LogP contribution >= 0.6 is 0 Å². The average Bonchev–Trinajstić information content (AvgIpc) is 1.90. The molecule has 0 N–H and O–H groups in total. The van der Waals surface area contributed by atoms with Crippen molar-refractivity contribution in [2.75, 3.05) is 0 Å². The van der Waals surface area contributed by atoms with Gasteiger partial charge in [-0.3, -0.25) is 4.74 Å². The zero-order valence-corrected chi connectivity index (χ0v) is 7.55. The lowest BCUT2D eigenvalue weighted by Gasteiger charge is -2.28. The molecule has 2 nitrogen and oxygen atoms in total. The van der Waals surface area contributed by atoms with Crippen molar-refractivity contribution in [1.82, 2.24) is 0 Å². The van der Waals surface area contributed by atoms with E-state index in [1.165, 1.54) is 0 Å². The summed E-state index contributed by atoms with van der Waals surface area (Å²) in [6, 6.07) is 0. The molecular weight excluding hydrogens is 301 g/mol. The SMILES string of the molecule is FC(F)(F)OC(C(F)(F)F)C(F)(F)OC(F)(F)F. The average molecular weight is 302 g/mol. The van der Waals surface area contributed by atoms with Crippen molar-refractivity contribution < 1.29 is 57.8 Å². The molecule has 110 valence electrons. The fourth-order valence-corrected chi connectivity index (χ4v) is 0.667. The van der Waals surface area contributed by atoms with Crippen LogP contribution in [0.1, 0.15) is 0 Å². The first-order valence-electron chi connectivity index (χ1n) is 3.50. The highest BCUT2D eigenvalue weighted by atomic mass is 19.4. The molecule has 0 aromatic rings. The van der Waals surface area contributed by atoms with E-state index in [1.54, 1.807) is 4.74 Å². The highest BCUT2D eigenvalue weighted by Gasteiger charge is 2.65. The fourth-order valence-electron chi connectivity index (χ4n) is 0.667. The van der Waals surface area contributed by atoms with Crippen LogP contribution in [0.15, 0.2) is 0 Å². The van der Waals surface area contributed by atoms with Gasteiger partial charge in [-0.25, -0.2) is 4.74 Å². The topological polar surface area (TPSA) is 18.5 Å². The van der Waals surface area contributed by atoms with Gasteiger partial charge in [-0.1, -0.05) is 0 Å². The molecule has 0 aliphatic heterocycles. The van der Waals surface area contributed by atoms with Crippen LogP contribution in [0, 0.1) is 0 Å². The molecular formula is C5HF11O2. The first-order chi connectivity index (χ1) is 7.55. The Kier molecular flexibility index (Phi) is 4.46. The number of hydrogen-bond acceptors (Lipinski definition) is 2. The van der Waals surface area contributed by atoms with Crippen LogP contribution in [-0.4, -0.2) is 31.1 Å². The van der Waals surface area contributed by atoms with E-state index < -0.39 is 31.1 Å². The molecule has 0 bridgehead atoms. The van der Waals surface area contributed by atoms with Crippen molar-refractivity contribution in [1.29, 1.82) is 0 Å². The summed E-state index contributed by atoms with van der Waals surface area (Å²) in [5.41, 5.74) is 0. The maximum absolute atomic E-state index is 12.3. The molecule has 0 rings (SSSR count).